The third-order valence-corrected chi connectivity index (χ3v) is 3.75. The quantitative estimate of drug-likeness (QED) is 0.879. The molecule has 1 unspecified atom stereocenters. The van der Waals surface area contributed by atoms with Gasteiger partial charge >= 0.3 is 5.97 Å². The Morgan fingerprint density at radius 1 is 1.39 bits per heavy atom. The number of hydrogen-bond donors (Lipinski definition) is 1. The molecule has 0 aliphatic carbocycles. The molecule has 1 aromatic carbocycles. The SMILES string of the molecule is CCC1=C(C(=O)OC)C(/C=C/c2ccccc2)n2ncnc2N1. The van der Waals surface area contributed by atoms with Crippen LogP contribution in [-0.4, -0.2) is 27.8 Å². The van der Waals surface area contributed by atoms with E-state index in [1.165, 1.54) is 13.4 Å². The fourth-order valence-electron chi connectivity index (χ4n) is 2.62. The lowest BCUT2D eigenvalue weighted by atomic mass is 10.00. The van der Waals surface area contributed by atoms with Gasteiger partial charge in [0.25, 0.3) is 0 Å². The minimum atomic E-state index is -0.363. The van der Waals surface area contributed by atoms with E-state index in [4.69, 9.17) is 4.74 Å². The van der Waals surface area contributed by atoms with Gasteiger partial charge in [0.05, 0.1) is 12.7 Å². The first-order valence-electron chi connectivity index (χ1n) is 7.45. The Hall–Kier alpha value is -2.89. The second-order valence-electron chi connectivity index (χ2n) is 5.11. The third kappa shape index (κ3) is 2.88. The van der Waals surface area contributed by atoms with E-state index >= 15 is 0 Å². The van der Waals surface area contributed by atoms with Crippen LogP contribution in [0.25, 0.3) is 6.08 Å². The number of ether oxygens (including phenoxy) is 1. The number of fused-ring (bicyclic) bond motifs is 1. The average Bonchev–Trinajstić information content (AvgIpc) is 3.07. The van der Waals surface area contributed by atoms with Crippen LogP contribution in [0.5, 0.6) is 0 Å². The number of rotatable bonds is 4. The third-order valence-electron chi connectivity index (χ3n) is 3.75. The van der Waals surface area contributed by atoms with Crippen LogP contribution in [0.2, 0.25) is 0 Å². The number of esters is 1. The second kappa shape index (κ2) is 6.48. The van der Waals surface area contributed by atoms with E-state index in [-0.39, 0.29) is 12.0 Å². The van der Waals surface area contributed by atoms with Crippen molar-refractivity contribution in [2.45, 2.75) is 19.4 Å². The second-order valence-corrected chi connectivity index (χ2v) is 5.11. The highest BCUT2D eigenvalue weighted by atomic mass is 16.5. The number of carbonyl (C=O) groups is 1. The lowest BCUT2D eigenvalue weighted by molar-refractivity contribution is -0.136. The van der Waals surface area contributed by atoms with Crippen LogP contribution < -0.4 is 5.32 Å². The van der Waals surface area contributed by atoms with Crippen molar-refractivity contribution in [3.05, 3.63) is 59.6 Å². The molecule has 0 saturated carbocycles. The summed E-state index contributed by atoms with van der Waals surface area (Å²) in [7, 11) is 1.39. The van der Waals surface area contributed by atoms with E-state index in [9.17, 15) is 4.79 Å². The fraction of sp³-hybridized carbons (Fsp3) is 0.235. The number of methoxy groups -OCH3 is 1. The first-order valence-corrected chi connectivity index (χ1v) is 7.45. The van der Waals surface area contributed by atoms with Gasteiger partial charge in [0.2, 0.25) is 5.95 Å². The molecule has 118 valence electrons. The zero-order valence-electron chi connectivity index (χ0n) is 13.1. The lowest BCUT2D eigenvalue weighted by Crippen LogP contribution is -2.28. The molecule has 2 aromatic rings. The summed E-state index contributed by atoms with van der Waals surface area (Å²) < 4.78 is 6.65. The molecule has 0 amide bonds. The highest BCUT2D eigenvalue weighted by molar-refractivity contribution is 5.92. The number of benzene rings is 1. The summed E-state index contributed by atoms with van der Waals surface area (Å²) in [4.78, 5) is 16.5. The van der Waals surface area contributed by atoms with Crippen molar-refractivity contribution in [1.29, 1.82) is 0 Å². The molecule has 6 nitrogen and oxygen atoms in total. The Morgan fingerprint density at radius 2 is 2.17 bits per heavy atom. The fourth-order valence-corrected chi connectivity index (χ4v) is 2.62. The maximum absolute atomic E-state index is 12.3. The van der Waals surface area contributed by atoms with Crippen LogP contribution in [0.1, 0.15) is 24.9 Å². The van der Waals surface area contributed by atoms with Crippen LogP contribution in [0, 0.1) is 0 Å². The Morgan fingerprint density at radius 3 is 2.87 bits per heavy atom. The van der Waals surface area contributed by atoms with Crippen molar-refractivity contribution in [3.8, 4) is 0 Å². The average molecular weight is 310 g/mol. The Balaban J connectivity index is 2.04. The van der Waals surface area contributed by atoms with Gasteiger partial charge in [-0.2, -0.15) is 10.1 Å². The van der Waals surface area contributed by atoms with E-state index in [0.29, 0.717) is 17.9 Å². The van der Waals surface area contributed by atoms with E-state index in [1.807, 2.05) is 49.4 Å². The topological polar surface area (TPSA) is 69.0 Å². The van der Waals surface area contributed by atoms with Gasteiger partial charge in [-0.3, -0.25) is 0 Å². The summed E-state index contributed by atoms with van der Waals surface area (Å²) in [6.45, 7) is 1.98. The molecule has 6 heteroatoms. The summed E-state index contributed by atoms with van der Waals surface area (Å²) in [5, 5.41) is 7.39. The van der Waals surface area contributed by atoms with Crippen molar-refractivity contribution in [2.24, 2.45) is 0 Å². The van der Waals surface area contributed by atoms with E-state index in [1.54, 1.807) is 4.68 Å². The molecule has 0 radical (unpaired) electrons. The van der Waals surface area contributed by atoms with Crippen molar-refractivity contribution in [2.75, 3.05) is 12.4 Å². The van der Waals surface area contributed by atoms with Crippen LogP contribution >= 0.6 is 0 Å². The highest BCUT2D eigenvalue weighted by Crippen LogP contribution is 2.32. The van der Waals surface area contributed by atoms with Crippen molar-refractivity contribution < 1.29 is 9.53 Å². The van der Waals surface area contributed by atoms with E-state index < -0.39 is 0 Å². The number of anilines is 1. The summed E-state index contributed by atoms with van der Waals surface area (Å²) in [5.41, 5.74) is 2.41. The van der Waals surface area contributed by atoms with Gasteiger partial charge in [-0.25, -0.2) is 9.48 Å². The number of hydrogen-bond acceptors (Lipinski definition) is 5. The molecule has 1 aliphatic heterocycles. The van der Waals surface area contributed by atoms with Crippen LogP contribution in [-0.2, 0) is 9.53 Å². The number of aromatic nitrogens is 3. The van der Waals surface area contributed by atoms with Gasteiger partial charge in [-0.1, -0.05) is 49.4 Å². The molecule has 1 aromatic heterocycles. The van der Waals surface area contributed by atoms with Crippen molar-refractivity contribution in [1.82, 2.24) is 14.8 Å². The van der Waals surface area contributed by atoms with Gasteiger partial charge in [0.1, 0.15) is 12.4 Å². The molecule has 0 spiro atoms. The number of nitrogens with one attached hydrogen (secondary N) is 1. The van der Waals surface area contributed by atoms with Gasteiger partial charge in [-0.05, 0) is 12.0 Å². The van der Waals surface area contributed by atoms with Crippen LogP contribution in [0.4, 0.5) is 5.95 Å². The number of nitrogens with zero attached hydrogens (tertiary/aromatic N) is 3. The van der Waals surface area contributed by atoms with Gasteiger partial charge < -0.3 is 10.1 Å². The number of carbonyl (C=O) groups excluding carboxylic acids is 1. The van der Waals surface area contributed by atoms with Crippen molar-refractivity contribution >= 4 is 18.0 Å². The smallest absolute Gasteiger partial charge is 0.338 e. The molecule has 2 heterocycles. The van der Waals surface area contributed by atoms with Gasteiger partial charge in [-0.15, -0.1) is 0 Å². The standard InChI is InChI=1S/C17H18N4O2/c1-3-13-15(16(22)23-2)14(21-17(20-13)18-11-19-21)10-9-12-7-5-4-6-8-12/h4-11,14H,3H2,1-2H3,(H,18,19,20)/b10-9+. The minimum absolute atomic E-state index is 0.351. The first kappa shape index (κ1) is 15.0. The molecule has 23 heavy (non-hydrogen) atoms. The highest BCUT2D eigenvalue weighted by Gasteiger charge is 2.31. The molecule has 0 bridgehead atoms. The molecule has 0 fully saturated rings. The molecule has 3 rings (SSSR count). The Labute approximate surface area is 134 Å². The number of allylic oxidation sites excluding steroid dienone is 2. The Bertz CT molecular complexity index is 762. The predicted molar refractivity (Wildman–Crippen MR) is 87.5 cm³/mol. The maximum atomic E-state index is 12.3. The van der Waals surface area contributed by atoms with E-state index in [0.717, 1.165) is 11.3 Å². The van der Waals surface area contributed by atoms with Crippen LogP contribution in [0.3, 0.4) is 0 Å². The molecule has 1 aliphatic rings. The lowest BCUT2D eigenvalue weighted by Gasteiger charge is -2.26. The summed E-state index contributed by atoms with van der Waals surface area (Å²) in [5.74, 6) is 0.260. The Kier molecular flexibility index (Phi) is 4.23. The monoisotopic (exact) mass is 310 g/mol. The van der Waals surface area contributed by atoms with Gasteiger partial charge in [0, 0.05) is 5.70 Å². The maximum Gasteiger partial charge on any atom is 0.338 e. The van der Waals surface area contributed by atoms with E-state index in [2.05, 4.69) is 15.4 Å². The summed E-state index contributed by atoms with van der Waals surface area (Å²) in [6.07, 6.45) is 6.06. The molecular weight excluding hydrogens is 292 g/mol. The molecule has 0 saturated heterocycles. The zero-order valence-corrected chi connectivity index (χ0v) is 13.1. The summed E-state index contributed by atoms with van der Waals surface area (Å²) in [6, 6.07) is 9.56. The first-order chi connectivity index (χ1) is 11.2. The predicted octanol–water partition coefficient (Wildman–Crippen LogP) is 2.80. The van der Waals surface area contributed by atoms with Gasteiger partial charge in [0.15, 0.2) is 0 Å². The van der Waals surface area contributed by atoms with Crippen LogP contribution in [0.15, 0.2) is 54.0 Å². The minimum Gasteiger partial charge on any atom is -0.466 e. The normalized spacial score (nSPS) is 17.0. The zero-order chi connectivity index (χ0) is 16.2. The largest absolute Gasteiger partial charge is 0.466 e. The van der Waals surface area contributed by atoms with Crippen molar-refractivity contribution in [3.63, 3.8) is 0 Å². The molecule has 1 N–H and O–H groups in total. The molecular formula is C17H18N4O2. The summed E-state index contributed by atoms with van der Waals surface area (Å²) >= 11 is 0. The molecule has 1 atom stereocenters.